The fourth-order valence-corrected chi connectivity index (χ4v) is 5.16. The zero-order chi connectivity index (χ0) is 20.9. The maximum atomic E-state index is 14.5. The Kier molecular flexibility index (Phi) is 4.75. The molecule has 3 N–H and O–H groups in total. The van der Waals surface area contributed by atoms with Crippen molar-refractivity contribution in [2.75, 3.05) is 13.1 Å². The SMILES string of the molecule is Cc1n[nH]c2nc(-c3ccc(O)cc3F)cc(CN3CC4(CCCC4)NCC3C)c12. The molecule has 2 aromatic heterocycles. The van der Waals surface area contributed by atoms with E-state index in [1.807, 2.05) is 13.0 Å². The fraction of sp³-hybridized carbons (Fsp3) is 0.478. The van der Waals surface area contributed by atoms with Gasteiger partial charge in [0.15, 0.2) is 5.65 Å². The predicted octanol–water partition coefficient (Wildman–Crippen LogP) is 3.88. The first-order chi connectivity index (χ1) is 14.4. The maximum absolute atomic E-state index is 14.5. The number of aryl methyl sites for hydroxylation is 1. The van der Waals surface area contributed by atoms with Crippen molar-refractivity contribution < 1.29 is 9.50 Å². The number of benzene rings is 1. The predicted molar refractivity (Wildman–Crippen MR) is 115 cm³/mol. The molecule has 0 amide bonds. The van der Waals surface area contributed by atoms with E-state index in [1.165, 1.54) is 31.7 Å². The van der Waals surface area contributed by atoms with Crippen LogP contribution in [-0.4, -0.2) is 49.9 Å². The summed E-state index contributed by atoms with van der Waals surface area (Å²) in [6.45, 7) is 7.02. The molecule has 1 unspecified atom stereocenters. The van der Waals surface area contributed by atoms with Crippen LogP contribution in [0.25, 0.3) is 22.3 Å². The van der Waals surface area contributed by atoms with E-state index in [0.717, 1.165) is 42.3 Å². The minimum Gasteiger partial charge on any atom is -0.508 e. The summed E-state index contributed by atoms with van der Waals surface area (Å²) in [6, 6.07) is 6.59. The largest absolute Gasteiger partial charge is 0.508 e. The lowest BCUT2D eigenvalue weighted by Gasteiger charge is -2.45. The van der Waals surface area contributed by atoms with Crippen LogP contribution in [0.15, 0.2) is 24.3 Å². The first kappa shape index (κ1) is 19.5. The molecule has 0 bridgehead atoms. The number of phenolic OH excluding ortho intramolecular Hbond substituents is 1. The molecule has 1 saturated heterocycles. The summed E-state index contributed by atoms with van der Waals surface area (Å²) in [5.41, 5.74) is 3.85. The van der Waals surface area contributed by atoms with Crippen LogP contribution < -0.4 is 5.32 Å². The number of hydrogen-bond donors (Lipinski definition) is 3. The van der Waals surface area contributed by atoms with Crippen LogP contribution in [0.2, 0.25) is 0 Å². The molecule has 30 heavy (non-hydrogen) atoms. The topological polar surface area (TPSA) is 77.1 Å². The van der Waals surface area contributed by atoms with E-state index in [9.17, 15) is 9.50 Å². The second-order valence-corrected chi connectivity index (χ2v) is 8.99. The van der Waals surface area contributed by atoms with Crippen molar-refractivity contribution in [2.45, 2.75) is 57.7 Å². The molecular formula is C23H28FN5O. The molecule has 3 heterocycles. The lowest BCUT2D eigenvalue weighted by Crippen LogP contribution is -2.62. The molecule has 1 atom stereocenters. The lowest BCUT2D eigenvalue weighted by molar-refractivity contribution is 0.0830. The van der Waals surface area contributed by atoms with Gasteiger partial charge in [0, 0.05) is 48.2 Å². The van der Waals surface area contributed by atoms with Crippen molar-refractivity contribution in [1.29, 1.82) is 0 Å². The zero-order valence-corrected chi connectivity index (χ0v) is 17.5. The number of pyridine rings is 1. The second kappa shape index (κ2) is 7.32. The van der Waals surface area contributed by atoms with Gasteiger partial charge in [-0.2, -0.15) is 5.10 Å². The standard InChI is InChI=1S/C23H28FN5O/c1-14-11-25-23(7-3-4-8-23)13-29(14)12-16-9-20(18-6-5-17(30)10-19(18)24)26-22-21(16)15(2)27-28-22/h5-6,9-10,14,25,30H,3-4,7-8,11-13H2,1-2H3,(H,26,27,28). The number of hydrogen-bond acceptors (Lipinski definition) is 5. The third-order valence-corrected chi connectivity index (χ3v) is 6.86. The highest BCUT2D eigenvalue weighted by Gasteiger charge is 2.40. The molecule has 0 radical (unpaired) electrons. The van der Waals surface area contributed by atoms with Gasteiger partial charge in [-0.05, 0) is 50.5 Å². The summed E-state index contributed by atoms with van der Waals surface area (Å²) < 4.78 is 14.5. The Morgan fingerprint density at radius 3 is 2.83 bits per heavy atom. The van der Waals surface area contributed by atoms with Crippen LogP contribution in [0.5, 0.6) is 5.75 Å². The zero-order valence-electron chi connectivity index (χ0n) is 17.5. The molecule has 1 aliphatic heterocycles. The lowest BCUT2D eigenvalue weighted by atomic mass is 9.92. The normalized spacial score (nSPS) is 21.6. The number of phenols is 1. The number of aromatic amines is 1. The van der Waals surface area contributed by atoms with Gasteiger partial charge < -0.3 is 10.4 Å². The Bertz CT molecular complexity index is 1090. The van der Waals surface area contributed by atoms with E-state index >= 15 is 0 Å². The van der Waals surface area contributed by atoms with Gasteiger partial charge in [-0.1, -0.05) is 12.8 Å². The molecule has 2 aliphatic rings. The Morgan fingerprint density at radius 1 is 1.27 bits per heavy atom. The van der Waals surface area contributed by atoms with Gasteiger partial charge >= 0.3 is 0 Å². The van der Waals surface area contributed by atoms with E-state index < -0.39 is 5.82 Å². The molecule has 1 spiro atoms. The van der Waals surface area contributed by atoms with Gasteiger partial charge in [-0.3, -0.25) is 10.00 Å². The summed E-state index contributed by atoms with van der Waals surface area (Å²) in [7, 11) is 0. The monoisotopic (exact) mass is 409 g/mol. The highest BCUT2D eigenvalue weighted by molar-refractivity contribution is 5.84. The van der Waals surface area contributed by atoms with Crippen molar-refractivity contribution in [1.82, 2.24) is 25.4 Å². The summed E-state index contributed by atoms with van der Waals surface area (Å²) in [5, 5.41) is 21.8. The molecule has 158 valence electrons. The number of aromatic nitrogens is 3. The van der Waals surface area contributed by atoms with Crippen molar-refractivity contribution in [2.24, 2.45) is 0 Å². The number of piperazine rings is 1. The molecule has 6 nitrogen and oxygen atoms in total. The number of aromatic hydroxyl groups is 1. The van der Waals surface area contributed by atoms with Gasteiger partial charge in [0.2, 0.25) is 0 Å². The van der Waals surface area contributed by atoms with E-state index in [2.05, 4.69) is 32.3 Å². The molecular weight excluding hydrogens is 381 g/mol. The Hall–Kier alpha value is -2.51. The fourth-order valence-electron chi connectivity index (χ4n) is 5.16. The van der Waals surface area contributed by atoms with Crippen molar-refractivity contribution in [3.05, 3.63) is 41.3 Å². The molecule has 1 aliphatic carbocycles. The van der Waals surface area contributed by atoms with Crippen LogP contribution in [0, 0.1) is 12.7 Å². The van der Waals surface area contributed by atoms with Gasteiger partial charge in [-0.15, -0.1) is 0 Å². The average molecular weight is 410 g/mol. The third-order valence-electron chi connectivity index (χ3n) is 6.86. The first-order valence-electron chi connectivity index (χ1n) is 10.8. The number of halogens is 1. The number of fused-ring (bicyclic) bond motifs is 1. The van der Waals surface area contributed by atoms with Crippen molar-refractivity contribution in [3.63, 3.8) is 0 Å². The Balaban J connectivity index is 1.55. The molecule has 3 aromatic rings. The quantitative estimate of drug-likeness (QED) is 0.612. The van der Waals surface area contributed by atoms with E-state index in [-0.39, 0.29) is 11.3 Å². The molecule has 7 heteroatoms. The van der Waals surface area contributed by atoms with Crippen LogP contribution in [0.1, 0.15) is 43.9 Å². The van der Waals surface area contributed by atoms with Gasteiger partial charge in [0.05, 0.1) is 11.4 Å². The van der Waals surface area contributed by atoms with Gasteiger partial charge in [0.25, 0.3) is 0 Å². The summed E-state index contributed by atoms with van der Waals surface area (Å²) >= 11 is 0. The maximum Gasteiger partial charge on any atom is 0.156 e. The minimum absolute atomic E-state index is 0.0913. The summed E-state index contributed by atoms with van der Waals surface area (Å²) in [6.07, 6.45) is 5.05. The van der Waals surface area contributed by atoms with Crippen molar-refractivity contribution >= 4 is 11.0 Å². The highest BCUT2D eigenvalue weighted by Crippen LogP contribution is 2.35. The number of nitrogens with one attached hydrogen (secondary N) is 2. The third kappa shape index (κ3) is 3.36. The van der Waals surface area contributed by atoms with Crippen LogP contribution in [-0.2, 0) is 6.54 Å². The van der Waals surface area contributed by atoms with Crippen LogP contribution in [0.3, 0.4) is 0 Å². The Labute approximate surface area is 175 Å². The smallest absolute Gasteiger partial charge is 0.156 e. The van der Waals surface area contributed by atoms with Gasteiger partial charge in [-0.25, -0.2) is 9.37 Å². The second-order valence-electron chi connectivity index (χ2n) is 8.99. The molecule has 1 aromatic carbocycles. The Morgan fingerprint density at radius 2 is 2.07 bits per heavy atom. The van der Waals surface area contributed by atoms with E-state index in [0.29, 0.717) is 22.9 Å². The summed E-state index contributed by atoms with van der Waals surface area (Å²) in [4.78, 5) is 7.17. The molecule has 2 fully saturated rings. The highest BCUT2D eigenvalue weighted by atomic mass is 19.1. The van der Waals surface area contributed by atoms with Crippen LogP contribution in [0.4, 0.5) is 4.39 Å². The van der Waals surface area contributed by atoms with E-state index in [1.54, 1.807) is 6.07 Å². The molecule has 5 rings (SSSR count). The molecule has 1 saturated carbocycles. The number of H-pyrrole nitrogens is 1. The van der Waals surface area contributed by atoms with Crippen LogP contribution >= 0.6 is 0 Å². The number of rotatable bonds is 3. The van der Waals surface area contributed by atoms with Crippen molar-refractivity contribution in [3.8, 4) is 17.0 Å². The van der Waals surface area contributed by atoms with E-state index in [4.69, 9.17) is 0 Å². The summed E-state index contributed by atoms with van der Waals surface area (Å²) in [5.74, 6) is -0.573. The van der Waals surface area contributed by atoms with Gasteiger partial charge in [0.1, 0.15) is 11.6 Å². The average Bonchev–Trinajstić information content (AvgIpc) is 3.32. The minimum atomic E-state index is -0.482. The number of nitrogens with zero attached hydrogens (tertiary/aromatic N) is 3. The first-order valence-corrected chi connectivity index (χ1v) is 10.8.